The maximum absolute atomic E-state index is 12.7. The van der Waals surface area contributed by atoms with Gasteiger partial charge in [-0.15, -0.1) is 0 Å². The third-order valence-electron chi connectivity index (χ3n) is 5.05. The first kappa shape index (κ1) is 17.9. The first-order valence-corrected chi connectivity index (χ1v) is 8.80. The van der Waals surface area contributed by atoms with Gasteiger partial charge in [-0.3, -0.25) is 18.8 Å². The number of ether oxygens (including phenoxy) is 1. The summed E-state index contributed by atoms with van der Waals surface area (Å²) in [7, 11) is 4.80. The van der Waals surface area contributed by atoms with Crippen LogP contribution in [0.25, 0.3) is 11.2 Å². The molecule has 8 nitrogen and oxygen atoms in total. The predicted molar refractivity (Wildman–Crippen MR) is 95.8 cm³/mol. The highest BCUT2D eigenvalue weighted by atomic mass is 16.5. The van der Waals surface area contributed by atoms with E-state index in [1.165, 1.54) is 24.5 Å². The fraction of sp³-hybridized carbons (Fsp3) is 0.706. The lowest BCUT2D eigenvalue weighted by Gasteiger charge is -2.30. The maximum Gasteiger partial charge on any atom is 0.332 e. The second-order valence-electron chi connectivity index (χ2n) is 7.03. The summed E-state index contributed by atoms with van der Waals surface area (Å²) in [6, 6.07) is 0. The van der Waals surface area contributed by atoms with Crippen LogP contribution in [0.4, 0.5) is 0 Å². The Bertz CT molecular complexity index is 879. The van der Waals surface area contributed by atoms with Gasteiger partial charge in [0.1, 0.15) is 5.82 Å². The third kappa shape index (κ3) is 3.28. The van der Waals surface area contributed by atoms with Gasteiger partial charge in [0, 0.05) is 34.3 Å². The van der Waals surface area contributed by atoms with Crippen molar-refractivity contribution < 1.29 is 4.74 Å². The number of methoxy groups -OCH3 is 1. The molecule has 25 heavy (non-hydrogen) atoms. The normalized spacial score (nSPS) is 19.0. The molecule has 0 aromatic carbocycles. The molecule has 8 heteroatoms. The van der Waals surface area contributed by atoms with E-state index in [4.69, 9.17) is 4.74 Å². The molecular weight excluding hydrogens is 322 g/mol. The molecular formula is C17H27N5O3. The van der Waals surface area contributed by atoms with Gasteiger partial charge in [-0.05, 0) is 25.3 Å². The van der Waals surface area contributed by atoms with Crippen molar-refractivity contribution in [1.82, 2.24) is 23.6 Å². The van der Waals surface area contributed by atoms with Crippen LogP contribution in [-0.4, -0.2) is 50.4 Å². The van der Waals surface area contributed by atoms with Crippen LogP contribution < -0.4 is 11.2 Å². The van der Waals surface area contributed by atoms with E-state index in [0.717, 1.165) is 23.5 Å². The van der Waals surface area contributed by atoms with E-state index < -0.39 is 0 Å². The number of fused-ring (bicyclic) bond motifs is 1. The van der Waals surface area contributed by atoms with Crippen LogP contribution in [0.2, 0.25) is 0 Å². The quantitative estimate of drug-likeness (QED) is 0.777. The molecule has 1 fully saturated rings. The SMILES string of the molecule is COCCn1c(CN2CCCC(C)C2)nc2c1c(=O)n(C)c(=O)n2C. The number of imidazole rings is 1. The molecule has 0 saturated carbocycles. The summed E-state index contributed by atoms with van der Waals surface area (Å²) in [5, 5.41) is 0. The van der Waals surface area contributed by atoms with Crippen molar-refractivity contribution in [3.05, 3.63) is 26.7 Å². The average molecular weight is 349 g/mol. The highest BCUT2D eigenvalue weighted by Gasteiger charge is 2.22. The standard InChI is InChI=1S/C17H27N5O3/c1-12-6-5-7-21(10-12)11-13-18-15-14(22(13)8-9-25-4)16(23)20(3)17(24)19(15)2/h12H,5-11H2,1-4H3. The number of rotatable bonds is 5. The van der Waals surface area contributed by atoms with Gasteiger partial charge in [-0.2, -0.15) is 0 Å². The number of nitrogens with zero attached hydrogens (tertiary/aromatic N) is 5. The lowest BCUT2D eigenvalue weighted by Crippen LogP contribution is -2.37. The van der Waals surface area contributed by atoms with Crippen LogP contribution in [-0.2, 0) is 31.9 Å². The number of hydrogen-bond donors (Lipinski definition) is 0. The number of piperidine rings is 1. The largest absolute Gasteiger partial charge is 0.383 e. The molecule has 0 spiro atoms. The lowest BCUT2D eigenvalue weighted by atomic mass is 10.0. The summed E-state index contributed by atoms with van der Waals surface area (Å²) in [5.41, 5.74) is 0.262. The predicted octanol–water partition coefficient (Wildman–Crippen LogP) is 0.312. The summed E-state index contributed by atoms with van der Waals surface area (Å²) in [6.07, 6.45) is 2.44. The van der Waals surface area contributed by atoms with E-state index >= 15 is 0 Å². The molecule has 3 heterocycles. The Kier molecular flexibility index (Phi) is 5.10. The van der Waals surface area contributed by atoms with E-state index in [1.807, 2.05) is 4.57 Å². The Hall–Kier alpha value is -1.93. The van der Waals surface area contributed by atoms with Gasteiger partial charge in [0.05, 0.1) is 13.2 Å². The second-order valence-corrected chi connectivity index (χ2v) is 7.03. The Balaban J connectivity index is 2.10. The fourth-order valence-electron chi connectivity index (χ4n) is 3.67. The Morgan fingerprint density at radius 3 is 2.68 bits per heavy atom. The van der Waals surface area contributed by atoms with Crippen LogP contribution in [0.3, 0.4) is 0 Å². The smallest absolute Gasteiger partial charge is 0.332 e. The molecule has 1 aliphatic rings. The maximum atomic E-state index is 12.7. The van der Waals surface area contributed by atoms with Crippen LogP contribution in [0.1, 0.15) is 25.6 Å². The summed E-state index contributed by atoms with van der Waals surface area (Å²) < 4.78 is 9.71. The van der Waals surface area contributed by atoms with E-state index in [-0.39, 0.29) is 11.2 Å². The minimum atomic E-state index is -0.355. The lowest BCUT2D eigenvalue weighted by molar-refractivity contribution is 0.165. The number of aryl methyl sites for hydroxylation is 1. The molecule has 0 N–H and O–H groups in total. The van der Waals surface area contributed by atoms with E-state index in [1.54, 1.807) is 14.2 Å². The highest BCUT2D eigenvalue weighted by molar-refractivity contribution is 5.71. The molecule has 1 unspecified atom stereocenters. The van der Waals surface area contributed by atoms with Crippen molar-refractivity contribution in [2.75, 3.05) is 26.8 Å². The topological polar surface area (TPSA) is 74.3 Å². The van der Waals surface area contributed by atoms with Gasteiger partial charge in [0.15, 0.2) is 11.2 Å². The molecule has 1 aliphatic heterocycles. The summed E-state index contributed by atoms with van der Waals surface area (Å²) >= 11 is 0. The summed E-state index contributed by atoms with van der Waals surface area (Å²) in [6.45, 7) is 6.04. The van der Waals surface area contributed by atoms with Crippen LogP contribution >= 0.6 is 0 Å². The van der Waals surface area contributed by atoms with Crippen molar-refractivity contribution in [2.24, 2.45) is 20.0 Å². The second kappa shape index (κ2) is 7.13. The third-order valence-corrected chi connectivity index (χ3v) is 5.05. The van der Waals surface area contributed by atoms with Gasteiger partial charge < -0.3 is 9.30 Å². The van der Waals surface area contributed by atoms with Gasteiger partial charge in [0.25, 0.3) is 5.56 Å². The zero-order valence-corrected chi connectivity index (χ0v) is 15.5. The first-order valence-electron chi connectivity index (χ1n) is 8.80. The van der Waals surface area contributed by atoms with Crippen LogP contribution in [0.5, 0.6) is 0 Å². The van der Waals surface area contributed by atoms with Gasteiger partial charge in [-0.1, -0.05) is 6.92 Å². The van der Waals surface area contributed by atoms with Gasteiger partial charge in [-0.25, -0.2) is 9.78 Å². The molecule has 3 rings (SSSR count). The molecule has 138 valence electrons. The number of aromatic nitrogens is 4. The van der Waals surface area contributed by atoms with Crippen molar-refractivity contribution >= 4 is 11.2 Å². The van der Waals surface area contributed by atoms with E-state index in [2.05, 4.69) is 16.8 Å². The Morgan fingerprint density at radius 1 is 1.24 bits per heavy atom. The highest BCUT2D eigenvalue weighted by Crippen LogP contribution is 2.19. The van der Waals surface area contributed by atoms with Crippen LogP contribution in [0, 0.1) is 5.92 Å². The van der Waals surface area contributed by atoms with Crippen molar-refractivity contribution in [1.29, 1.82) is 0 Å². The average Bonchev–Trinajstić information content (AvgIpc) is 2.94. The molecule has 0 bridgehead atoms. The zero-order valence-electron chi connectivity index (χ0n) is 15.5. The summed E-state index contributed by atoms with van der Waals surface area (Å²) in [4.78, 5) is 31.9. The van der Waals surface area contributed by atoms with Gasteiger partial charge in [0.2, 0.25) is 0 Å². The number of likely N-dealkylation sites (tertiary alicyclic amines) is 1. The molecule has 1 saturated heterocycles. The van der Waals surface area contributed by atoms with Gasteiger partial charge >= 0.3 is 5.69 Å². The zero-order chi connectivity index (χ0) is 18.1. The molecule has 1 atom stereocenters. The minimum Gasteiger partial charge on any atom is -0.383 e. The molecule has 0 amide bonds. The van der Waals surface area contributed by atoms with Crippen molar-refractivity contribution in [2.45, 2.75) is 32.9 Å². The monoisotopic (exact) mass is 349 g/mol. The Labute approximate surface area is 146 Å². The summed E-state index contributed by atoms with van der Waals surface area (Å²) in [5.74, 6) is 1.49. The molecule has 0 radical (unpaired) electrons. The molecule has 2 aromatic rings. The molecule has 0 aliphatic carbocycles. The van der Waals surface area contributed by atoms with E-state index in [0.29, 0.717) is 36.8 Å². The fourth-order valence-corrected chi connectivity index (χ4v) is 3.67. The first-order chi connectivity index (χ1) is 11.9. The van der Waals surface area contributed by atoms with E-state index in [9.17, 15) is 9.59 Å². The minimum absolute atomic E-state index is 0.306. The molecule has 2 aromatic heterocycles. The van der Waals surface area contributed by atoms with Crippen molar-refractivity contribution in [3.63, 3.8) is 0 Å². The van der Waals surface area contributed by atoms with Crippen molar-refractivity contribution in [3.8, 4) is 0 Å². The van der Waals surface area contributed by atoms with Crippen LogP contribution in [0.15, 0.2) is 9.59 Å². The Morgan fingerprint density at radius 2 is 2.00 bits per heavy atom. The number of hydrogen-bond acceptors (Lipinski definition) is 5.